The number of benzene rings is 1. The number of rotatable bonds is 10. The zero-order valence-electron chi connectivity index (χ0n) is 14.9. The van der Waals surface area contributed by atoms with E-state index < -0.39 is 0 Å². The van der Waals surface area contributed by atoms with E-state index in [0.717, 1.165) is 31.7 Å². The molecule has 2 aromatic rings. The van der Waals surface area contributed by atoms with Crippen LogP contribution < -0.4 is 15.5 Å². The number of hydrogen-bond donors (Lipinski definition) is 2. The summed E-state index contributed by atoms with van der Waals surface area (Å²) in [7, 11) is 0. The van der Waals surface area contributed by atoms with E-state index in [2.05, 4.69) is 75.8 Å². The second kappa shape index (κ2) is 9.70. The van der Waals surface area contributed by atoms with Crippen molar-refractivity contribution < 1.29 is 0 Å². The molecule has 0 spiro atoms. The lowest BCUT2D eigenvalue weighted by atomic mass is 10.2. The first kappa shape index (κ1) is 18.0. The quantitative estimate of drug-likeness (QED) is 0.641. The van der Waals surface area contributed by atoms with Crippen molar-refractivity contribution >= 4 is 23.1 Å². The Balaban J connectivity index is 1.95. The Bertz CT molecular complexity index is 595. The molecule has 0 fully saturated rings. The molecular formula is C18H28N6. The van der Waals surface area contributed by atoms with Crippen molar-refractivity contribution in [3.05, 3.63) is 30.5 Å². The van der Waals surface area contributed by atoms with E-state index in [4.69, 9.17) is 0 Å². The van der Waals surface area contributed by atoms with Gasteiger partial charge in [-0.3, -0.25) is 0 Å². The minimum Gasteiger partial charge on any atom is -0.372 e. The van der Waals surface area contributed by atoms with Gasteiger partial charge in [0.2, 0.25) is 5.95 Å². The summed E-state index contributed by atoms with van der Waals surface area (Å²) in [6, 6.07) is 8.36. The fourth-order valence-electron chi connectivity index (χ4n) is 2.51. The van der Waals surface area contributed by atoms with Gasteiger partial charge in [0.05, 0.1) is 6.20 Å². The highest BCUT2D eigenvalue weighted by molar-refractivity contribution is 5.60. The molecule has 0 radical (unpaired) electrons. The molecule has 1 aromatic heterocycles. The fourth-order valence-corrected chi connectivity index (χ4v) is 2.51. The molecule has 1 heterocycles. The molecule has 6 nitrogen and oxygen atoms in total. The van der Waals surface area contributed by atoms with Gasteiger partial charge < -0.3 is 15.5 Å². The van der Waals surface area contributed by atoms with Crippen molar-refractivity contribution in [2.45, 2.75) is 40.0 Å². The van der Waals surface area contributed by atoms with E-state index in [1.165, 1.54) is 18.5 Å². The first-order chi connectivity index (χ1) is 11.8. The summed E-state index contributed by atoms with van der Waals surface area (Å²) in [4.78, 5) is 6.76. The first-order valence-corrected chi connectivity index (χ1v) is 8.82. The Morgan fingerprint density at radius 1 is 1.00 bits per heavy atom. The largest absolute Gasteiger partial charge is 0.372 e. The van der Waals surface area contributed by atoms with Gasteiger partial charge in [-0.1, -0.05) is 19.8 Å². The molecule has 130 valence electrons. The van der Waals surface area contributed by atoms with Crippen molar-refractivity contribution in [1.82, 2.24) is 15.2 Å². The molecule has 0 bridgehead atoms. The SMILES string of the molecule is CCCCCNc1nncc(Nc2ccc(N(CC)CC)cc2)n1. The molecule has 0 amide bonds. The third kappa shape index (κ3) is 5.37. The van der Waals surface area contributed by atoms with Crippen molar-refractivity contribution in [2.75, 3.05) is 35.2 Å². The predicted octanol–water partition coefficient (Wildman–Crippen LogP) is 4.06. The van der Waals surface area contributed by atoms with Crippen LogP contribution in [0.1, 0.15) is 40.0 Å². The third-order valence-electron chi connectivity index (χ3n) is 3.89. The molecule has 24 heavy (non-hydrogen) atoms. The van der Waals surface area contributed by atoms with Gasteiger partial charge in [-0.25, -0.2) is 0 Å². The average molecular weight is 328 g/mol. The number of aromatic nitrogens is 3. The zero-order chi connectivity index (χ0) is 17.2. The van der Waals surface area contributed by atoms with Crippen molar-refractivity contribution in [1.29, 1.82) is 0 Å². The lowest BCUT2D eigenvalue weighted by Crippen LogP contribution is -2.21. The van der Waals surface area contributed by atoms with Gasteiger partial charge in [-0.2, -0.15) is 10.1 Å². The summed E-state index contributed by atoms with van der Waals surface area (Å²) in [5.74, 6) is 1.26. The van der Waals surface area contributed by atoms with E-state index in [-0.39, 0.29) is 0 Å². The Labute approximate surface area is 144 Å². The van der Waals surface area contributed by atoms with Crippen molar-refractivity contribution in [3.8, 4) is 0 Å². The molecule has 0 atom stereocenters. The Morgan fingerprint density at radius 3 is 2.42 bits per heavy atom. The number of nitrogens with one attached hydrogen (secondary N) is 2. The van der Waals surface area contributed by atoms with Crippen LogP contribution in [0.4, 0.5) is 23.1 Å². The normalized spacial score (nSPS) is 10.5. The van der Waals surface area contributed by atoms with E-state index in [9.17, 15) is 0 Å². The highest BCUT2D eigenvalue weighted by Crippen LogP contribution is 2.20. The van der Waals surface area contributed by atoms with Gasteiger partial charge in [0.15, 0.2) is 5.82 Å². The van der Waals surface area contributed by atoms with Gasteiger partial charge in [0.1, 0.15) is 0 Å². The first-order valence-electron chi connectivity index (χ1n) is 8.82. The van der Waals surface area contributed by atoms with E-state index in [1.807, 2.05) is 0 Å². The number of anilines is 4. The van der Waals surface area contributed by atoms with Gasteiger partial charge in [0.25, 0.3) is 0 Å². The lowest BCUT2D eigenvalue weighted by Gasteiger charge is -2.21. The van der Waals surface area contributed by atoms with Crippen LogP contribution in [-0.4, -0.2) is 34.8 Å². The minimum absolute atomic E-state index is 0.566. The summed E-state index contributed by atoms with van der Waals surface area (Å²) in [6.07, 6.45) is 5.16. The summed E-state index contributed by atoms with van der Waals surface area (Å²) in [5.41, 5.74) is 2.22. The highest BCUT2D eigenvalue weighted by atomic mass is 15.3. The molecule has 0 saturated carbocycles. The molecule has 0 unspecified atom stereocenters. The second-order valence-electron chi connectivity index (χ2n) is 5.64. The summed E-state index contributed by atoms with van der Waals surface area (Å²) in [6.45, 7) is 9.40. The highest BCUT2D eigenvalue weighted by Gasteiger charge is 2.03. The van der Waals surface area contributed by atoms with Gasteiger partial charge in [-0.15, -0.1) is 5.10 Å². The summed E-state index contributed by atoms with van der Waals surface area (Å²) < 4.78 is 0. The van der Waals surface area contributed by atoms with Crippen LogP contribution in [0.2, 0.25) is 0 Å². The predicted molar refractivity (Wildman–Crippen MR) is 101 cm³/mol. The van der Waals surface area contributed by atoms with E-state index in [1.54, 1.807) is 6.20 Å². The van der Waals surface area contributed by atoms with Crippen molar-refractivity contribution in [2.24, 2.45) is 0 Å². The summed E-state index contributed by atoms with van der Waals surface area (Å²) >= 11 is 0. The Hall–Kier alpha value is -2.37. The van der Waals surface area contributed by atoms with Gasteiger partial charge in [-0.05, 0) is 44.5 Å². The van der Waals surface area contributed by atoms with Crippen molar-refractivity contribution in [3.63, 3.8) is 0 Å². The molecule has 0 saturated heterocycles. The monoisotopic (exact) mass is 328 g/mol. The number of hydrogen-bond acceptors (Lipinski definition) is 6. The van der Waals surface area contributed by atoms with Crippen LogP contribution in [0.15, 0.2) is 30.5 Å². The maximum Gasteiger partial charge on any atom is 0.244 e. The molecule has 0 aliphatic heterocycles. The van der Waals surface area contributed by atoms with Crippen LogP contribution in [0.25, 0.3) is 0 Å². The molecular weight excluding hydrogens is 300 g/mol. The zero-order valence-corrected chi connectivity index (χ0v) is 14.9. The third-order valence-corrected chi connectivity index (χ3v) is 3.89. The van der Waals surface area contributed by atoms with Crippen LogP contribution in [0.3, 0.4) is 0 Å². The minimum atomic E-state index is 0.566. The van der Waals surface area contributed by atoms with Crippen LogP contribution in [-0.2, 0) is 0 Å². The maximum atomic E-state index is 4.45. The fraction of sp³-hybridized carbons (Fsp3) is 0.500. The second-order valence-corrected chi connectivity index (χ2v) is 5.64. The Kier molecular flexibility index (Phi) is 7.26. The van der Waals surface area contributed by atoms with Crippen LogP contribution in [0.5, 0.6) is 0 Å². The van der Waals surface area contributed by atoms with Gasteiger partial charge >= 0.3 is 0 Å². The maximum absolute atomic E-state index is 4.45. The smallest absolute Gasteiger partial charge is 0.244 e. The number of unbranched alkanes of at least 4 members (excludes halogenated alkanes) is 2. The molecule has 2 rings (SSSR count). The molecule has 6 heteroatoms. The molecule has 2 N–H and O–H groups in total. The Morgan fingerprint density at radius 2 is 1.75 bits per heavy atom. The summed E-state index contributed by atoms with van der Waals surface area (Å²) in [5, 5.41) is 14.5. The van der Waals surface area contributed by atoms with Crippen LogP contribution in [0, 0.1) is 0 Å². The number of nitrogens with zero attached hydrogens (tertiary/aromatic N) is 4. The van der Waals surface area contributed by atoms with E-state index in [0.29, 0.717) is 11.8 Å². The van der Waals surface area contributed by atoms with Gasteiger partial charge in [0, 0.05) is 31.0 Å². The average Bonchev–Trinajstić information content (AvgIpc) is 2.62. The standard InChI is InChI=1S/C18H28N6/c1-4-7-8-13-19-18-22-17(14-20-23-18)21-15-9-11-16(12-10-15)24(5-2)6-3/h9-12,14H,4-8,13H2,1-3H3,(H2,19,21,22,23). The molecule has 0 aliphatic carbocycles. The lowest BCUT2D eigenvalue weighted by molar-refractivity contribution is 0.738. The topological polar surface area (TPSA) is 66.0 Å². The van der Waals surface area contributed by atoms with E-state index >= 15 is 0 Å². The molecule has 0 aliphatic rings. The van der Waals surface area contributed by atoms with Crippen LogP contribution >= 0.6 is 0 Å². The molecule has 1 aromatic carbocycles.